The summed E-state index contributed by atoms with van der Waals surface area (Å²) in [6, 6.07) is 26.2. The van der Waals surface area contributed by atoms with Crippen molar-refractivity contribution in [2.75, 3.05) is 26.2 Å². The maximum atomic E-state index is 5.92. The van der Waals surface area contributed by atoms with Gasteiger partial charge in [-0.05, 0) is 112 Å². The van der Waals surface area contributed by atoms with Crippen molar-refractivity contribution >= 4 is 69.7 Å². The summed E-state index contributed by atoms with van der Waals surface area (Å²) in [5, 5.41) is 0.593. The molecular formula is C67H100Cl2N8. The highest BCUT2D eigenvalue weighted by Gasteiger charge is 2.24. The van der Waals surface area contributed by atoms with Crippen molar-refractivity contribution in [3.8, 4) is 0 Å². The number of benzene rings is 4. The average molecular weight is 1090 g/mol. The van der Waals surface area contributed by atoms with Crippen molar-refractivity contribution in [3.63, 3.8) is 0 Å². The molecule has 7 rings (SSSR count). The number of halogens is 2. The standard InChI is InChI=1S/C32H47N4.C18H27N3.C14H20ClN.C3H6.ClH/c1-21(2)27-14-11-15-28(22(3)4)31(27)33-25(9)35-18-13-19-36(20-35)26(10)34-32-29(23(5)6)16-12-17-30(32)24(7)8;1-13(2)16-8-6-9-17(14(3)4)18(16)20-15(5)21-11-7-10-19-12-21;1-9(2)12-7-6-8-13(10(3)4)14(12)16-11(5)15;1-2-3-1;/h11-12,14-17,20-24H,13,18-19H2,1-10H3;6,8-9,12-14H,7,10-11H2,1-5H3;6-10H,1-5H3;1-3H2;1H/q+1;;;;/p-1. The largest absolute Gasteiger partial charge is 1.00 e. The molecule has 0 N–H and O–H groups in total. The zero-order valence-corrected chi connectivity index (χ0v) is 52.9. The molecular weight excluding hydrogens is 988 g/mol. The second-order valence-corrected chi connectivity index (χ2v) is 24.0. The molecule has 0 radical (unpaired) electrons. The molecule has 4 aromatic rings. The van der Waals surface area contributed by atoms with Gasteiger partial charge in [-0.15, -0.1) is 4.99 Å². The molecule has 0 amide bonds. The molecule has 0 bridgehead atoms. The second-order valence-electron chi connectivity index (χ2n) is 23.4. The summed E-state index contributed by atoms with van der Waals surface area (Å²) in [5.74, 6) is 6.72. The number of rotatable bonds is 12. The highest BCUT2D eigenvalue weighted by atomic mass is 35.5. The Bertz CT molecular complexity index is 2570. The van der Waals surface area contributed by atoms with Gasteiger partial charge in [0.2, 0.25) is 5.84 Å². The van der Waals surface area contributed by atoms with Gasteiger partial charge in [0.1, 0.15) is 16.7 Å². The van der Waals surface area contributed by atoms with Crippen molar-refractivity contribution < 1.29 is 17.0 Å². The maximum absolute atomic E-state index is 5.92. The molecule has 0 unspecified atom stereocenters. The molecule has 10 heteroatoms. The summed E-state index contributed by atoms with van der Waals surface area (Å²) in [5.41, 5.74) is 15.0. The van der Waals surface area contributed by atoms with Crippen LogP contribution in [0.1, 0.15) is 262 Å². The minimum atomic E-state index is 0. The van der Waals surface area contributed by atoms with Crippen LogP contribution in [-0.4, -0.2) is 75.9 Å². The molecule has 1 fully saturated rings. The summed E-state index contributed by atoms with van der Waals surface area (Å²) >= 11 is 5.92. The second kappa shape index (κ2) is 32.2. The fourth-order valence-corrected chi connectivity index (χ4v) is 9.46. The number of nitrogens with zero attached hydrogens (tertiary/aromatic N) is 8. The van der Waals surface area contributed by atoms with Crippen LogP contribution in [0.2, 0.25) is 0 Å². The Morgan fingerprint density at radius 3 is 1.01 bits per heavy atom. The van der Waals surface area contributed by atoms with E-state index in [1.54, 1.807) is 0 Å². The van der Waals surface area contributed by atoms with E-state index < -0.39 is 0 Å². The fraction of sp³-hybridized carbons (Fsp3) is 0.552. The normalized spacial score (nSPS) is 15.2. The van der Waals surface area contributed by atoms with Gasteiger partial charge in [-0.3, -0.25) is 9.89 Å². The van der Waals surface area contributed by atoms with Gasteiger partial charge in [-0.2, -0.15) is 0 Å². The van der Waals surface area contributed by atoms with Crippen LogP contribution >= 0.6 is 11.6 Å². The van der Waals surface area contributed by atoms with E-state index in [0.717, 1.165) is 79.3 Å². The Balaban J connectivity index is 0.000000320. The van der Waals surface area contributed by atoms with Crippen molar-refractivity contribution in [2.24, 2.45) is 25.0 Å². The lowest BCUT2D eigenvalue weighted by molar-refractivity contribution is -0.415. The van der Waals surface area contributed by atoms with Crippen molar-refractivity contribution in [1.29, 1.82) is 0 Å². The molecule has 2 aliphatic heterocycles. The smallest absolute Gasteiger partial charge is 0.235 e. The molecule has 422 valence electrons. The highest BCUT2D eigenvalue weighted by molar-refractivity contribution is 6.65. The molecule has 2 heterocycles. The van der Waals surface area contributed by atoms with Crippen LogP contribution in [0.3, 0.4) is 0 Å². The van der Waals surface area contributed by atoms with Gasteiger partial charge in [-0.25, -0.2) is 19.6 Å². The summed E-state index contributed by atoms with van der Waals surface area (Å²) in [7, 11) is 0. The maximum Gasteiger partial charge on any atom is 0.235 e. The number of hydrogen-bond acceptors (Lipinski definition) is 5. The lowest BCUT2D eigenvalue weighted by atomic mass is 9.93. The third kappa shape index (κ3) is 20.0. The summed E-state index contributed by atoms with van der Waals surface area (Å²) in [4.78, 5) is 28.7. The fourth-order valence-electron chi connectivity index (χ4n) is 9.37. The first kappa shape index (κ1) is 66.4. The molecule has 0 saturated heterocycles. The van der Waals surface area contributed by atoms with Crippen LogP contribution in [0.4, 0.5) is 22.7 Å². The molecule has 4 aromatic carbocycles. The number of para-hydroxylation sites is 4. The average Bonchev–Trinajstić information content (AvgIpc) is 4.27. The van der Waals surface area contributed by atoms with E-state index in [9.17, 15) is 0 Å². The predicted molar refractivity (Wildman–Crippen MR) is 336 cm³/mol. The summed E-state index contributed by atoms with van der Waals surface area (Å²) in [6.45, 7) is 47.8. The van der Waals surface area contributed by atoms with Crippen LogP contribution in [0.25, 0.3) is 0 Å². The SMILES string of the molecule is C1CC1.CC(=Nc1c(C(C)C)cccc1C(C)C)N1C=NCCC1.CC(=Nc1c(C(C)C)cccc1C(C)C)N1C=[N+](C(C)=Nc2c(C(C)C)cccc2C(C)C)CCC1.CC(Cl)=Nc1c(C(C)C)cccc1C(C)C.[Cl-]. The predicted octanol–water partition coefficient (Wildman–Crippen LogP) is 16.8. The van der Waals surface area contributed by atoms with E-state index in [4.69, 9.17) is 26.6 Å². The summed E-state index contributed by atoms with van der Waals surface area (Å²) in [6.07, 6.45) is 10.8. The van der Waals surface area contributed by atoms with Crippen LogP contribution in [0.15, 0.2) is 97.8 Å². The van der Waals surface area contributed by atoms with Gasteiger partial charge < -0.3 is 17.3 Å². The van der Waals surface area contributed by atoms with Crippen LogP contribution < -0.4 is 12.4 Å². The molecule has 0 aromatic heterocycles. The third-order valence-corrected chi connectivity index (χ3v) is 14.1. The van der Waals surface area contributed by atoms with E-state index in [-0.39, 0.29) is 12.4 Å². The van der Waals surface area contributed by atoms with Crippen molar-refractivity contribution in [3.05, 3.63) is 117 Å². The zero-order chi connectivity index (χ0) is 56.4. The van der Waals surface area contributed by atoms with E-state index >= 15 is 0 Å². The molecule has 3 aliphatic rings. The first-order valence-corrected chi connectivity index (χ1v) is 29.3. The first-order valence-electron chi connectivity index (χ1n) is 29.0. The van der Waals surface area contributed by atoms with E-state index in [1.807, 2.05) is 13.3 Å². The zero-order valence-electron chi connectivity index (χ0n) is 51.4. The lowest BCUT2D eigenvalue weighted by Gasteiger charge is -2.23. The Morgan fingerprint density at radius 1 is 0.429 bits per heavy atom. The van der Waals surface area contributed by atoms with Gasteiger partial charge in [0.15, 0.2) is 12.2 Å². The van der Waals surface area contributed by atoms with E-state index in [0.29, 0.717) is 52.5 Å². The topological polar surface area (TPSA) is 71.3 Å². The number of amidine groups is 3. The van der Waals surface area contributed by atoms with E-state index in [1.165, 1.54) is 63.8 Å². The minimum absolute atomic E-state index is 0. The number of hydrogen-bond donors (Lipinski definition) is 0. The Hall–Kier alpha value is -4.92. The van der Waals surface area contributed by atoms with Gasteiger partial charge in [-0.1, -0.05) is 214 Å². The highest BCUT2D eigenvalue weighted by Crippen LogP contribution is 2.39. The van der Waals surface area contributed by atoms with Crippen molar-refractivity contribution in [1.82, 2.24) is 9.80 Å². The Kier molecular flexibility index (Phi) is 27.8. The Morgan fingerprint density at radius 2 is 0.727 bits per heavy atom. The van der Waals surface area contributed by atoms with Gasteiger partial charge >= 0.3 is 0 Å². The van der Waals surface area contributed by atoms with Gasteiger partial charge in [0.25, 0.3) is 0 Å². The minimum Gasteiger partial charge on any atom is -1.00 e. The molecule has 1 saturated carbocycles. The van der Waals surface area contributed by atoms with E-state index in [2.05, 4.69) is 235 Å². The molecule has 0 atom stereocenters. The summed E-state index contributed by atoms with van der Waals surface area (Å²) < 4.78 is 2.29. The Labute approximate surface area is 480 Å². The van der Waals surface area contributed by atoms with Crippen LogP contribution in [0, 0.1) is 0 Å². The first-order chi connectivity index (χ1) is 35.9. The van der Waals surface area contributed by atoms with Crippen molar-refractivity contribution in [2.45, 2.75) is 218 Å². The van der Waals surface area contributed by atoms with Crippen LogP contribution in [-0.2, 0) is 0 Å². The van der Waals surface area contributed by atoms with Gasteiger partial charge in [0, 0.05) is 33.4 Å². The lowest BCUT2D eigenvalue weighted by Crippen LogP contribution is -3.00. The molecule has 0 spiro atoms. The third-order valence-electron chi connectivity index (χ3n) is 14.0. The monoisotopic (exact) mass is 1090 g/mol. The number of aliphatic imine (C=N–C) groups is 5. The molecule has 77 heavy (non-hydrogen) atoms. The van der Waals surface area contributed by atoms with Gasteiger partial charge in [0.05, 0.1) is 36.5 Å². The quantitative estimate of drug-likeness (QED) is 0.0806. The molecule has 1 aliphatic carbocycles. The molecule has 8 nitrogen and oxygen atoms in total. The van der Waals surface area contributed by atoms with Crippen LogP contribution in [0.5, 0.6) is 0 Å².